The van der Waals surface area contributed by atoms with Crippen LogP contribution in [0.4, 0.5) is 0 Å². The maximum atomic E-state index is 6.15. The molecule has 0 fully saturated rings. The standard InChI is InChI=1S/C13H16ClN3/c1-2-15-7-12-8-16-10-17(12)9-11-5-3-4-6-13(11)14/h3-6,8,10,15H,2,7,9H2,1H3. The molecule has 17 heavy (non-hydrogen) atoms. The molecule has 0 unspecified atom stereocenters. The Bertz CT molecular complexity index is 479. The third kappa shape index (κ3) is 3.08. The zero-order valence-electron chi connectivity index (χ0n) is 9.86. The van der Waals surface area contributed by atoms with Crippen molar-refractivity contribution in [2.45, 2.75) is 20.0 Å². The van der Waals surface area contributed by atoms with Crippen LogP contribution in [0.3, 0.4) is 0 Å². The highest BCUT2D eigenvalue weighted by atomic mass is 35.5. The van der Waals surface area contributed by atoms with Crippen LogP contribution in [0.25, 0.3) is 0 Å². The van der Waals surface area contributed by atoms with Gasteiger partial charge in [0.25, 0.3) is 0 Å². The van der Waals surface area contributed by atoms with E-state index in [1.54, 1.807) is 0 Å². The minimum atomic E-state index is 0.764. The number of aromatic nitrogens is 2. The van der Waals surface area contributed by atoms with E-state index in [1.807, 2.05) is 36.8 Å². The van der Waals surface area contributed by atoms with Gasteiger partial charge in [0.1, 0.15) is 0 Å². The fourth-order valence-corrected chi connectivity index (χ4v) is 1.90. The molecule has 90 valence electrons. The lowest BCUT2D eigenvalue weighted by atomic mass is 10.2. The topological polar surface area (TPSA) is 29.9 Å². The minimum Gasteiger partial charge on any atom is -0.329 e. The number of nitrogens with zero attached hydrogens (tertiary/aromatic N) is 2. The molecule has 0 aliphatic heterocycles. The van der Waals surface area contributed by atoms with E-state index >= 15 is 0 Å². The maximum absolute atomic E-state index is 6.15. The lowest BCUT2D eigenvalue weighted by Crippen LogP contribution is -2.15. The summed E-state index contributed by atoms with van der Waals surface area (Å²) in [4.78, 5) is 4.18. The summed E-state index contributed by atoms with van der Waals surface area (Å²) < 4.78 is 2.11. The monoisotopic (exact) mass is 249 g/mol. The summed E-state index contributed by atoms with van der Waals surface area (Å²) in [7, 11) is 0. The molecule has 0 aliphatic carbocycles. The van der Waals surface area contributed by atoms with Crippen LogP contribution in [0.2, 0.25) is 5.02 Å². The number of nitrogens with one attached hydrogen (secondary N) is 1. The first-order valence-corrected chi connectivity index (χ1v) is 6.12. The van der Waals surface area contributed by atoms with Crippen molar-refractivity contribution in [3.63, 3.8) is 0 Å². The molecule has 0 bridgehead atoms. The summed E-state index contributed by atoms with van der Waals surface area (Å²) in [6.45, 7) is 4.65. The lowest BCUT2D eigenvalue weighted by molar-refractivity contribution is 0.657. The van der Waals surface area contributed by atoms with Crippen molar-refractivity contribution >= 4 is 11.6 Å². The molecule has 2 rings (SSSR count). The molecule has 1 heterocycles. The maximum Gasteiger partial charge on any atom is 0.0951 e. The SMILES string of the molecule is CCNCc1cncn1Cc1ccccc1Cl. The van der Waals surface area contributed by atoms with Crippen molar-refractivity contribution in [1.29, 1.82) is 0 Å². The third-order valence-corrected chi connectivity index (χ3v) is 3.02. The molecule has 0 spiro atoms. The predicted octanol–water partition coefficient (Wildman–Crippen LogP) is 2.69. The van der Waals surface area contributed by atoms with Gasteiger partial charge in [-0.1, -0.05) is 36.7 Å². The van der Waals surface area contributed by atoms with Gasteiger partial charge in [0.2, 0.25) is 0 Å². The van der Waals surface area contributed by atoms with Crippen molar-refractivity contribution < 1.29 is 0 Å². The van der Waals surface area contributed by atoms with Crippen LogP contribution in [0.1, 0.15) is 18.2 Å². The normalized spacial score (nSPS) is 10.7. The van der Waals surface area contributed by atoms with E-state index in [2.05, 4.69) is 21.8 Å². The second kappa shape index (κ2) is 5.84. The Morgan fingerprint density at radius 1 is 1.35 bits per heavy atom. The van der Waals surface area contributed by atoms with Crippen LogP contribution in [-0.2, 0) is 13.1 Å². The van der Waals surface area contributed by atoms with Crippen LogP contribution in [-0.4, -0.2) is 16.1 Å². The smallest absolute Gasteiger partial charge is 0.0951 e. The van der Waals surface area contributed by atoms with Crippen LogP contribution < -0.4 is 5.32 Å². The number of rotatable bonds is 5. The average Bonchev–Trinajstić information content (AvgIpc) is 2.77. The van der Waals surface area contributed by atoms with Gasteiger partial charge in [-0.2, -0.15) is 0 Å². The summed E-state index contributed by atoms with van der Waals surface area (Å²) in [6.07, 6.45) is 3.73. The van der Waals surface area contributed by atoms with E-state index in [1.165, 1.54) is 5.69 Å². The van der Waals surface area contributed by atoms with Crippen molar-refractivity contribution in [3.05, 3.63) is 53.1 Å². The number of halogens is 1. The number of imidazole rings is 1. The molecular formula is C13H16ClN3. The molecule has 0 saturated carbocycles. The van der Waals surface area contributed by atoms with Gasteiger partial charge in [0, 0.05) is 17.8 Å². The molecule has 1 N–H and O–H groups in total. The molecule has 0 atom stereocenters. The summed E-state index contributed by atoms with van der Waals surface area (Å²) in [5.41, 5.74) is 2.29. The summed E-state index contributed by atoms with van der Waals surface area (Å²) in [5, 5.41) is 4.10. The number of hydrogen-bond donors (Lipinski definition) is 1. The van der Waals surface area contributed by atoms with Crippen molar-refractivity contribution in [3.8, 4) is 0 Å². The third-order valence-electron chi connectivity index (χ3n) is 2.65. The lowest BCUT2D eigenvalue weighted by Gasteiger charge is -2.09. The van der Waals surface area contributed by atoms with Crippen LogP contribution >= 0.6 is 11.6 Å². The average molecular weight is 250 g/mol. The molecule has 4 heteroatoms. The van der Waals surface area contributed by atoms with Crippen molar-refractivity contribution in [2.24, 2.45) is 0 Å². The highest BCUT2D eigenvalue weighted by molar-refractivity contribution is 6.31. The van der Waals surface area contributed by atoms with Crippen molar-refractivity contribution in [1.82, 2.24) is 14.9 Å². The van der Waals surface area contributed by atoms with Gasteiger partial charge in [0.15, 0.2) is 0 Å². The van der Waals surface area contributed by atoms with Gasteiger partial charge in [0.05, 0.1) is 18.6 Å². The highest BCUT2D eigenvalue weighted by Gasteiger charge is 2.04. The Hall–Kier alpha value is -1.32. The molecule has 1 aromatic carbocycles. The predicted molar refractivity (Wildman–Crippen MR) is 70.2 cm³/mol. The molecule has 2 aromatic rings. The zero-order valence-corrected chi connectivity index (χ0v) is 10.6. The zero-order chi connectivity index (χ0) is 12.1. The second-order valence-electron chi connectivity index (χ2n) is 3.88. The molecule has 0 radical (unpaired) electrons. The van der Waals surface area contributed by atoms with Gasteiger partial charge >= 0.3 is 0 Å². The Kier molecular flexibility index (Phi) is 4.18. The van der Waals surface area contributed by atoms with Gasteiger partial charge in [-0.3, -0.25) is 0 Å². The van der Waals surface area contributed by atoms with E-state index in [4.69, 9.17) is 11.6 Å². The second-order valence-corrected chi connectivity index (χ2v) is 4.29. The summed E-state index contributed by atoms with van der Waals surface area (Å²) in [5.74, 6) is 0. The number of benzene rings is 1. The molecule has 0 amide bonds. The van der Waals surface area contributed by atoms with Gasteiger partial charge in [-0.15, -0.1) is 0 Å². The molecule has 0 aliphatic rings. The Balaban J connectivity index is 2.13. The van der Waals surface area contributed by atoms with E-state index in [-0.39, 0.29) is 0 Å². The molecule has 3 nitrogen and oxygen atoms in total. The Labute approximate surface area is 106 Å². The van der Waals surface area contributed by atoms with E-state index in [0.717, 1.165) is 30.2 Å². The number of hydrogen-bond acceptors (Lipinski definition) is 2. The first-order chi connectivity index (χ1) is 8.31. The fourth-order valence-electron chi connectivity index (χ4n) is 1.70. The van der Waals surface area contributed by atoms with Gasteiger partial charge in [-0.05, 0) is 18.2 Å². The highest BCUT2D eigenvalue weighted by Crippen LogP contribution is 2.16. The first-order valence-electron chi connectivity index (χ1n) is 5.74. The summed E-state index contributed by atoms with van der Waals surface area (Å²) in [6, 6.07) is 7.90. The minimum absolute atomic E-state index is 0.764. The fraction of sp³-hybridized carbons (Fsp3) is 0.308. The van der Waals surface area contributed by atoms with Crippen LogP contribution in [0.5, 0.6) is 0 Å². The van der Waals surface area contributed by atoms with Gasteiger partial charge in [-0.25, -0.2) is 4.98 Å². The van der Waals surface area contributed by atoms with Crippen LogP contribution in [0.15, 0.2) is 36.8 Å². The summed E-state index contributed by atoms with van der Waals surface area (Å²) >= 11 is 6.15. The molecule has 0 saturated heterocycles. The van der Waals surface area contributed by atoms with Gasteiger partial charge < -0.3 is 9.88 Å². The van der Waals surface area contributed by atoms with E-state index < -0.39 is 0 Å². The quantitative estimate of drug-likeness (QED) is 0.883. The van der Waals surface area contributed by atoms with E-state index in [0.29, 0.717) is 0 Å². The largest absolute Gasteiger partial charge is 0.329 e. The van der Waals surface area contributed by atoms with E-state index in [9.17, 15) is 0 Å². The van der Waals surface area contributed by atoms with Crippen molar-refractivity contribution in [2.75, 3.05) is 6.54 Å². The Morgan fingerprint density at radius 2 is 2.18 bits per heavy atom. The first kappa shape index (κ1) is 12.1. The Morgan fingerprint density at radius 3 is 2.94 bits per heavy atom. The molecular weight excluding hydrogens is 234 g/mol. The van der Waals surface area contributed by atoms with Crippen LogP contribution in [0, 0.1) is 0 Å². The molecule has 1 aromatic heterocycles.